The van der Waals surface area contributed by atoms with Gasteiger partial charge in [0.2, 0.25) is 5.91 Å². The number of carbonyl (C=O) groups excluding carboxylic acids is 2. The van der Waals surface area contributed by atoms with Crippen molar-refractivity contribution in [2.45, 2.75) is 30.0 Å². The number of para-hydroxylation sites is 1. The molecule has 1 fully saturated rings. The first kappa shape index (κ1) is 29.4. The normalized spacial score (nSPS) is 15.4. The van der Waals surface area contributed by atoms with E-state index < -0.39 is 45.8 Å². The first-order valence-corrected chi connectivity index (χ1v) is 14.0. The molecule has 212 valence electrons. The zero-order chi connectivity index (χ0) is 28.9. The van der Waals surface area contributed by atoms with Crippen molar-refractivity contribution >= 4 is 44.8 Å². The van der Waals surface area contributed by atoms with Gasteiger partial charge in [0.1, 0.15) is 6.54 Å². The van der Waals surface area contributed by atoms with E-state index in [1.807, 2.05) is 0 Å². The van der Waals surface area contributed by atoms with Gasteiger partial charge in [0.15, 0.2) is 0 Å². The highest BCUT2D eigenvalue weighted by atomic mass is 35.5. The molecule has 0 aromatic heterocycles. The van der Waals surface area contributed by atoms with Gasteiger partial charge >= 0.3 is 6.18 Å². The van der Waals surface area contributed by atoms with E-state index >= 15 is 0 Å². The van der Waals surface area contributed by atoms with Gasteiger partial charge in [0, 0.05) is 13.2 Å². The van der Waals surface area contributed by atoms with Gasteiger partial charge in [0.05, 0.1) is 38.5 Å². The van der Waals surface area contributed by atoms with Gasteiger partial charge in [-0.15, -0.1) is 0 Å². The summed E-state index contributed by atoms with van der Waals surface area (Å²) in [7, 11) is -4.54. The number of anilines is 2. The summed E-state index contributed by atoms with van der Waals surface area (Å²) in [6.45, 7) is -0.0339. The minimum Gasteiger partial charge on any atom is -0.376 e. The van der Waals surface area contributed by atoms with Crippen molar-refractivity contribution in [3.05, 3.63) is 88.9 Å². The number of rotatable bonds is 9. The number of carbonyl (C=O) groups is 2. The molecule has 0 spiro atoms. The van der Waals surface area contributed by atoms with Gasteiger partial charge in [-0.3, -0.25) is 13.9 Å². The molecule has 0 aliphatic carbocycles. The van der Waals surface area contributed by atoms with Gasteiger partial charge in [-0.05, 0) is 55.3 Å². The summed E-state index contributed by atoms with van der Waals surface area (Å²) in [4.78, 5) is 25.7. The Morgan fingerprint density at radius 3 is 2.40 bits per heavy atom. The predicted molar refractivity (Wildman–Crippen MR) is 144 cm³/mol. The summed E-state index contributed by atoms with van der Waals surface area (Å²) in [6, 6.07) is 15.2. The molecule has 3 aromatic rings. The zero-order valence-corrected chi connectivity index (χ0v) is 22.5. The van der Waals surface area contributed by atoms with Crippen LogP contribution in [-0.2, 0) is 25.7 Å². The van der Waals surface area contributed by atoms with Crippen molar-refractivity contribution < 1.29 is 35.9 Å². The SMILES string of the molecule is O=C(CN(c1cc(C(F)(F)F)ccc1Cl)S(=O)(=O)c1ccccc1)Nc1ccccc1C(=O)NC[C@@H]1CCCO1. The van der Waals surface area contributed by atoms with Crippen molar-refractivity contribution in [3.8, 4) is 0 Å². The van der Waals surface area contributed by atoms with Gasteiger partial charge in [-0.1, -0.05) is 41.9 Å². The van der Waals surface area contributed by atoms with E-state index in [-0.39, 0.29) is 33.8 Å². The third kappa shape index (κ3) is 6.93. The molecular weight excluding hydrogens is 571 g/mol. The highest BCUT2D eigenvalue weighted by molar-refractivity contribution is 7.92. The first-order chi connectivity index (χ1) is 19.0. The molecule has 1 saturated heterocycles. The number of benzene rings is 3. The maximum Gasteiger partial charge on any atom is 0.416 e. The minimum absolute atomic E-state index is 0.0875. The van der Waals surface area contributed by atoms with Crippen LogP contribution in [0.15, 0.2) is 77.7 Å². The standard InChI is InChI=1S/C27H25ClF3N3O5S/c28-22-13-12-18(27(29,30)31)15-24(22)34(40(37,38)20-8-2-1-3-9-20)17-25(35)33-23-11-5-4-10-21(23)26(36)32-16-19-7-6-14-39-19/h1-5,8-13,15,19H,6-7,14,16-17H2,(H,32,36)(H,33,35)/t19-/m0/s1. The van der Waals surface area contributed by atoms with Crippen LogP contribution in [0.1, 0.15) is 28.8 Å². The third-order valence-electron chi connectivity index (χ3n) is 6.12. The summed E-state index contributed by atoms with van der Waals surface area (Å²) in [5, 5.41) is 4.94. The Bertz CT molecular complexity index is 1480. The first-order valence-electron chi connectivity index (χ1n) is 12.2. The molecule has 0 radical (unpaired) electrons. The van der Waals surface area contributed by atoms with Gasteiger partial charge in [0.25, 0.3) is 15.9 Å². The van der Waals surface area contributed by atoms with Crippen LogP contribution in [0.2, 0.25) is 5.02 Å². The smallest absolute Gasteiger partial charge is 0.376 e. The quantitative estimate of drug-likeness (QED) is 0.358. The van der Waals surface area contributed by atoms with E-state index in [2.05, 4.69) is 10.6 Å². The summed E-state index contributed by atoms with van der Waals surface area (Å²) in [6.07, 6.45) is -3.20. The Labute approximate surface area is 234 Å². The Morgan fingerprint density at radius 1 is 1.02 bits per heavy atom. The number of hydrogen-bond acceptors (Lipinski definition) is 5. The maximum atomic E-state index is 13.6. The molecule has 0 saturated carbocycles. The van der Waals surface area contributed by atoms with E-state index in [0.717, 1.165) is 18.9 Å². The van der Waals surface area contributed by atoms with Crippen molar-refractivity contribution in [2.24, 2.45) is 0 Å². The molecule has 40 heavy (non-hydrogen) atoms. The summed E-state index contributed by atoms with van der Waals surface area (Å²) in [5.74, 6) is -1.39. The average Bonchev–Trinajstić information content (AvgIpc) is 3.45. The molecule has 2 N–H and O–H groups in total. The second-order valence-electron chi connectivity index (χ2n) is 8.93. The predicted octanol–water partition coefficient (Wildman–Crippen LogP) is 5.10. The summed E-state index contributed by atoms with van der Waals surface area (Å²) >= 11 is 6.17. The molecule has 13 heteroatoms. The van der Waals surface area contributed by atoms with Gasteiger partial charge < -0.3 is 15.4 Å². The summed E-state index contributed by atoms with van der Waals surface area (Å²) < 4.78 is 73.5. The minimum atomic E-state index is -4.79. The fourth-order valence-corrected chi connectivity index (χ4v) is 5.84. The second kappa shape index (κ2) is 12.3. The maximum absolute atomic E-state index is 13.6. The van der Waals surface area contributed by atoms with Crippen LogP contribution in [0.3, 0.4) is 0 Å². The van der Waals surface area contributed by atoms with Crippen LogP contribution in [-0.4, -0.2) is 46.0 Å². The number of sulfonamides is 1. The third-order valence-corrected chi connectivity index (χ3v) is 8.21. The monoisotopic (exact) mass is 595 g/mol. The molecule has 1 heterocycles. The Balaban J connectivity index is 1.63. The van der Waals surface area contributed by atoms with Crippen LogP contribution in [0.4, 0.5) is 24.5 Å². The fraction of sp³-hybridized carbons (Fsp3) is 0.259. The van der Waals surface area contributed by atoms with Crippen LogP contribution in [0.5, 0.6) is 0 Å². The lowest BCUT2D eigenvalue weighted by molar-refractivity contribution is -0.137. The topological polar surface area (TPSA) is 105 Å². The van der Waals surface area contributed by atoms with Crippen LogP contribution < -0.4 is 14.9 Å². The lowest BCUT2D eigenvalue weighted by Crippen LogP contribution is -2.39. The molecule has 1 atom stereocenters. The fourth-order valence-electron chi connectivity index (χ4n) is 4.12. The lowest BCUT2D eigenvalue weighted by Gasteiger charge is -2.26. The number of nitrogens with one attached hydrogen (secondary N) is 2. The molecule has 0 bridgehead atoms. The Hall–Kier alpha value is -3.61. The number of alkyl halides is 3. The van der Waals surface area contributed by atoms with Crippen LogP contribution in [0, 0.1) is 0 Å². The average molecular weight is 596 g/mol. The molecule has 2 amide bonds. The zero-order valence-electron chi connectivity index (χ0n) is 20.9. The van der Waals surface area contributed by atoms with E-state index in [4.69, 9.17) is 16.3 Å². The van der Waals surface area contributed by atoms with E-state index in [0.29, 0.717) is 23.0 Å². The number of nitrogens with zero attached hydrogens (tertiary/aromatic N) is 1. The van der Waals surface area contributed by atoms with Crippen molar-refractivity contribution in [1.82, 2.24) is 5.32 Å². The molecular formula is C27H25ClF3N3O5S. The second-order valence-corrected chi connectivity index (χ2v) is 11.2. The molecule has 8 nitrogen and oxygen atoms in total. The van der Waals surface area contributed by atoms with Crippen molar-refractivity contribution in [3.63, 3.8) is 0 Å². The highest BCUT2D eigenvalue weighted by Crippen LogP contribution is 2.37. The van der Waals surface area contributed by atoms with Crippen LogP contribution >= 0.6 is 11.6 Å². The summed E-state index contributed by atoms with van der Waals surface area (Å²) in [5.41, 5.74) is -1.47. The highest BCUT2D eigenvalue weighted by Gasteiger charge is 2.34. The van der Waals surface area contributed by atoms with Crippen molar-refractivity contribution in [1.29, 1.82) is 0 Å². The lowest BCUT2D eigenvalue weighted by atomic mass is 10.1. The molecule has 1 aliphatic rings. The van der Waals surface area contributed by atoms with E-state index in [1.165, 1.54) is 36.4 Å². The van der Waals surface area contributed by atoms with Gasteiger partial charge in [-0.2, -0.15) is 13.2 Å². The largest absolute Gasteiger partial charge is 0.416 e. The number of hydrogen-bond donors (Lipinski definition) is 2. The number of ether oxygens (including phenoxy) is 1. The van der Waals surface area contributed by atoms with Gasteiger partial charge in [-0.25, -0.2) is 8.42 Å². The molecule has 0 unspecified atom stereocenters. The molecule has 3 aromatic carbocycles. The van der Waals surface area contributed by atoms with Crippen molar-refractivity contribution in [2.75, 3.05) is 29.3 Å². The van der Waals surface area contributed by atoms with E-state index in [9.17, 15) is 31.2 Å². The molecule has 1 aliphatic heterocycles. The van der Waals surface area contributed by atoms with Crippen LogP contribution in [0.25, 0.3) is 0 Å². The van der Waals surface area contributed by atoms with E-state index in [1.54, 1.807) is 18.2 Å². The Morgan fingerprint density at radius 2 is 1.73 bits per heavy atom. The number of amides is 2. The molecule has 4 rings (SSSR count). The Kier molecular flexibility index (Phi) is 9.02. The number of halogens is 4.